The number of halogens is 4. The molecule has 10 nitrogen and oxygen atoms in total. The summed E-state index contributed by atoms with van der Waals surface area (Å²) in [5.41, 5.74) is 0.359. The first kappa shape index (κ1) is 36.7. The molecule has 1 fully saturated rings. The van der Waals surface area contributed by atoms with Gasteiger partial charge in [0.15, 0.2) is 32.4 Å². The second-order valence-corrected chi connectivity index (χ2v) is 16.7. The van der Waals surface area contributed by atoms with Gasteiger partial charge in [0.05, 0.1) is 26.7 Å². The standard InChI is InChI=1S/C33H39ClF3N7O3S2/c1-19-15-27(42-41-19)38-30-29(47-6)31(44-13-10-20(11-14-44)9-12-43(4)5)40-32(39-30)48-26-8-7-22(18-25(26)36)49(45,46)33(2,3)23-16-21(35)17-24(34)28(23)37/h7-8,15-18,20H,9-14H2,1-6H3,(H2,38,39,40,41,42). The van der Waals surface area contributed by atoms with Crippen LogP contribution < -0.4 is 15.0 Å². The summed E-state index contributed by atoms with van der Waals surface area (Å²) >= 11 is 6.71. The molecule has 3 heterocycles. The van der Waals surface area contributed by atoms with Gasteiger partial charge in [0.2, 0.25) is 5.75 Å². The van der Waals surface area contributed by atoms with Gasteiger partial charge in [-0.1, -0.05) is 11.6 Å². The minimum absolute atomic E-state index is 0.0526. The lowest BCUT2D eigenvalue weighted by Gasteiger charge is -2.34. The minimum atomic E-state index is -4.43. The smallest absolute Gasteiger partial charge is 0.204 e. The lowest BCUT2D eigenvalue weighted by atomic mass is 9.93. The van der Waals surface area contributed by atoms with Crippen molar-refractivity contribution in [2.24, 2.45) is 5.92 Å². The Morgan fingerprint density at radius 2 is 1.84 bits per heavy atom. The molecule has 5 rings (SSSR count). The summed E-state index contributed by atoms with van der Waals surface area (Å²) in [6, 6.07) is 6.70. The molecule has 16 heteroatoms. The highest BCUT2D eigenvalue weighted by Gasteiger charge is 2.41. The fourth-order valence-electron chi connectivity index (χ4n) is 5.69. The number of hydrogen-bond acceptors (Lipinski definition) is 10. The molecule has 49 heavy (non-hydrogen) atoms. The molecule has 0 atom stereocenters. The van der Waals surface area contributed by atoms with Crippen molar-refractivity contribution >= 4 is 50.7 Å². The number of methoxy groups -OCH3 is 1. The number of nitrogens with one attached hydrogen (secondary N) is 2. The van der Waals surface area contributed by atoms with Crippen LogP contribution in [0.2, 0.25) is 5.02 Å². The summed E-state index contributed by atoms with van der Waals surface area (Å²) in [5, 5.41) is 9.93. The van der Waals surface area contributed by atoms with E-state index in [0.29, 0.717) is 29.1 Å². The van der Waals surface area contributed by atoms with Gasteiger partial charge in [-0.2, -0.15) is 5.10 Å². The molecule has 264 valence electrons. The molecule has 2 aromatic heterocycles. The highest BCUT2D eigenvalue weighted by atomic mass is 35.5. The maximum absolute atomic E-state index is 15.7. The van der Waals surface area contributed by atoms with Crippen molar-refractivity contribution in [3.63, 3.8) is 0 Å². The van der Waals surface area contributed by atoms with Crippen LogP contribution in [0.25, 0.3) is 0 Å². The van der Waals surface area contributed by atoms with E-state index in [1.807, 2.05) is 6.92 Å². The van der Waals surface area contributed by atoms with Gasteiger partial charge in [-0.3, -0.25) is 5.10 Å². The van der Waals surface area contributed by atoms with Gasteiger partial charge in [-0.05, 0) is 109 Å². The molecule has 2 N–H and O–H groups in total. The molecule has 1 saturated heterocycles. The molecule has 0 spiro atoms. The van der Waals surface area contributed by atoms with Gasteiger partial charge in [0, 0.05) is 30.4 Å². The van der Waals surface area contributed by atoms with Crippen LogP contribution in [-0.4, -0.2) is 74.3 Å². The van der Waals surface area contributed by atoms with Gasteiger partial charge in [0.1, 0.15) is 17.5 Å². The van der Waals surface area contributed by atoms with Gasteiger partial charge in [-0.25, -0.2) is 31.6 Å². The van der Waals surface area contributed by atoms with Crippen LogP contribution in [-0.2, 0) is 14.6 Å². The second kappa shape index (κ2) is 14.8. The molecule has 0 aliphatic carbocycles. The summed E-state index contributed by atoms with van der Waals surface area (Å²) in [7, 11) is 1.23. The summed E-state index contributed by atoms with van der Waals surface area (Å²) < 4.78 is 76.0. The Kier molecular flexibility index (Phi) is 11.1. The molecule has 0 saturated carbocycles. The Hall–Kier alpha value is -3.53. The highest BCUT2D eigenvalue weighted by molar-refractivity contribution is 7.99. The van der Waals surface area contributed by atoms with Crippen molar-refractivity contribution in [1.29, 1.82) is 0 Å². The largest absolute Gasteiger partial charge is 0.490 e. The van der Waals surface area contributed by atoms with E-state index in [2.05, 4.69) is 44.4 Å². The first-order chi connectivity index (χ1) is 23.1. The van der Waals surface area contributed by atoms with Crippen molar-refractivity contribution < 1.29 is 26.3 Å². The minimum Gasteiger partial charge on any atom is -0.490 e. The van der Waals surface area contributed by atoms with Crippen LogP contribution in [0.15, 0.2) is 51.3 Å². The van der Waals surface area contributed by atoms with Crippen molar-refractivity contribution in [3.05, 3.63) is 70.1 Å². The molecule has 1 aliphatic heterocycles. The molecule has 0 amide bonds. The zero-order valence-corrected chi connectivity index (χ0v) is 30.5. The van der Waals surface area contributed by atoms with Gasteiger partial charge in [-0.15, -0.1) is 0 Å². The molecular formula is C33H39ClF3N7O3S2. The molecule has 0 unspecified atom stereocenters. The molecule has 0 bridgehead atoms. The molecule has 1 aliphatic rings. The number of anilines is 3. The van der Waals surface area contributed by atoms with Crippen LogP contribution in [0.3, 0.4) is 0 Å². The van der Waals surface area contributed by atoms with Crippen molar-refractivity contribution in [2.75, 3.05) is 51.1 Å². The Bertz CT molecular complexity index is 1930. The third-order valence-corrected chi connectivity index (χ3v) is 12.2. The van der Waals surface area contributed by atoms with Crippen molar-refractivity contribution in [2.45, 2.75) is 59.7 Å². The van der Waals surface area contributed by atoms with E-state index in [-0.39, 0.29) is 10.1 Å². The number of rotatable bonds is 12. The Morgan fingerprint density at radius 1 is 1.12 bits per heavy atom. The fraction of sp³-hybridized carbons (Fsp3) is 0.424. The van der Waals surface area contributed by atoms with E-state index >= 15 is 4.39 Å². The topological polar surface area (TPSA) is 116 Å². The number of aryl methyl sites for hydroxylation is 1. The normalized spacial score (nSPS) is 14.5. The monoisotopic (exact) mass is 737 g/mol. The summed E-state index contributed by atoms with van der Waals surface area (Å²) in [5.74, 6) is -0.474. The predicted octanol–water partition coefficient (Wildman–Crippen LogP) is 7.36. The SMILES string of the molecule is COc1c(Nc2cc(C)[nH]n2)nc(Sc2ccc(S(=O)(=O)C(C)(C)c3cc(F)cc(Cl)c3F)cc2F)nc1N1CCC(CCN(C)C)CC1. The molecule has 0 radical (unpaired) electrons. The molecular weight excluding hydrogens is 699 g/mol. The van der Waals surface area contributed by atoms with Crippen LogP contribution in [0, 0.1) is 30.3 Å². The summed E-state index contributed by atoms with van der Waals surface area (Å²) in [6.45, 7) is 6.78. The quantitative estimate of drug-likeness (QED) is 0.113. The number of H-pyrrole nitrogens is 1. The number of ether oxygens (including phenoxy) is 1. The van der Waals surface area contributed by atoms with E-state index in [9.17, 15) is 17.2 Å². The maximum Gasteiger partial charge on any atom is 0.204 e. The number of nitrogens with zero attached hydrogens (tertiary/aromatic N) is 5. The van der Waals surface area contributed by atoms with E-state index in [4.69, 9.17) is 21.3 Å². The average molecular weight is 738 g/mol. The zero-order valence-electron chi connectivity index (χ0n) is 28.1. The van der Waals surface area contributed by atoms with Gasteiger partial charge in [0.25, 0.3) is 0 Å². The van der Waals surface area contributed by atoms with Crippen LogP contribution >= 0.6 is 23.4 Å². The van der Waals surface area contributed by atoms with E-state index < -0.39 is 47.5 Å². The molecule has 4 aromatic rings. The van der Waals surface area contributed by atoms with Crippen LogP contribution in [0.4, 0.5) is 30.6 Å². The number of benzene rings is 2. The third kappa shape index (κ3) is 7.95. The fourth-order valence-corrected chi connectivity index (χ4v) is 8.19. The van der Waals surface area contributed by atoms with Crippen LogP contribution in [0.1, 0.15) is 44.4 Å². The number of sulfone groups is 1. The second-order valence-electron chi connectivity index (χ2n) is 12.8. The maximum atomic E-state index is 15.7. The first-order valence-electron chi connectivity index (χ1n) is 15.6. The third-order valence-electron chi connectivity index (χ3n) is 8.61. The van der Waals surface area contributed by atoms with Gasteiger partial charge < -0.3 is 19.9 Å². The van der Waals surface area contributed by atoms with E-state index in [1.165, 1.54) is 33.1 Å². The van der Waals surface area contributed by atoms with E-state index in [1.54, 1.807) is 6.07 Å². The number of aromatic nitrogens is 4. The van der Waals surface area contributed by atoms with Crippen molar-refractivity contribution in [3.8, 4) is 5.75 Å². The highest BCUT2D eigenvalue weighted by Crippen LogP contribution is 2.42. The Labute approximate surface area is 293 Å². The Balaban J connectivity index is 1.47. The first-order valence-corrected chi connectivity index (χ1v) is 18.3. The number of hydrogen-bond donors (Lipinski definition) is 2. The summed E-state index contributed by atoms with van der Waals surface area (Å²) in [4.78, 5) is 13.4. The predicted molar refractivity (Wildman–Crippen MR) is 185 cm³/mol. The number of piperidine rings is 1. The lowest BCUT2D eigenvalue weighted by molar-refractivity contribution is 0.311. The molecule has 2 aromatic carbocycles. The number of aromatic amines is 1. The van der Waals surface area contributed by atoms with Crippen molar-refractivity contribution in [1.82, 2.24) is 25.1 Å². The Morgan fingerprint density at radius 3 is 2.45 bits per heavy atom. The van der Waals surface area contributed by atoms with Gasteiger partial charge >= 0.3 is 0 Å². The summed E-state index contributed by atoms with van der Waals surface area (Å²) in [6.07, 6.45) is 3.04. The van der Waals surface area contributed by atoms with E-state index in [0.717, 1.165) is 74.6 Å². The zero-order chi connectivity index (χ0) is 35.7. The van der Waals surface area contributed by atoms with Crippen LogP contribution in [0.5, 0.6) is 5.75 Å². The average Bonchev–Trinajstić information content (AvgIpc) is 3.46. The lowest BCUT2D eigenvalue weighted by Crippen LogP contribution is -2.35.